The van der Waals surface area contributed by atoms with Crippen LogP contribution in [0.2, 0.25) is 0 Å². The highest BCUT2D eigenvalue weighted by molar-refractivity contribution is 5.75. The summed E-state index contributed by atoms with van der Waals surface area (Å²) in [5.74, 6) is -0.928. The summed E-state index contributed by atoms with van der Waals surface area (Å²) in [6.45, 7) is 5.65. The summed E-state index contributed by atoms with van der Waals surface area (Å²) < 4.78 is 0. The summed E-state index contributed by atoms with van der Waals surface area (Å²) in [5.41, 5.74) is 0.281. The van der Waals surface area contributed by atoms with Crippen LogP contribution >= 0.6 is 0 Å². The minimum atomic E-state index is -0.928. The molecule has 1 rings (SSSR count). The molecule has 0 radical (unpaired) electrons. The first-order valence-corrected chi connectivity index (χ1v) is 5.51. The number of carbonyl (C=O) groups is 1. The fraction of sp³-hybridized carbons (Fsp3) is 0.462. The number of likely N-dealkylation sites (N-methyl/N-ethyl adjacent to an activating group) is 1. The van der Waals surface area contributed by atoms with E-state index in [-0.39, 0.29) is 0 Å². The zero-order valence-corrected chi connectivity index (χ0v) is 10.7. The molecule has 0 spiro atoms. The second kappa shape index (κ2) is 5.29. The van der Waals surface area contributed by atoms with Gasteiger partial charge in [-0.05, 0) is 26.3 Å². The fourth-order valence-corrected chi connectivity index (χ4v) is 1.63. The van der Waals surface area contributed by atoms with E-state index in [1.54, 1.807) is 19.2 Å². The van der Waals surface area contributed by atoms with Crippen molar-refractivity contribution in [3.63, 3.8) is 0 Å². The van der Waals surface area contributed by atoms with E-state index in [4.69, 9.17) is 4.84 Å². The Kier molecular flexibility index (Phi) is 4.26. The van der Waals surface area contributed by atoms with E-state index in [0.717, 1.165) is 0 Å². The minimum absolute atomic E-state index is 0.419. The van der Waals surface area contributed by atoms with Crippen molar-refractivity contribution in [2.24, 2.45) is 0 Å². The lowest BCUT2D eigenvalue weighted by Gasteiger charge is -2.31. The monoisotopic (exact) mass is 237 g/mol. The van der Waals surface area contributed by atoms with Crippen molar-refractivity contribution in [1.82, 2.24) is 5.06 Å². The molecule has 4 heteroatoms. The molecular weight excluding hydrogens is 218 g/mol. The van der Waals surface area contributed by atoms with Crippen LogP contribution < -0.4 is 0 Å². The van der Waals surface area contributed by atoms with E-state index < -0.39 is 17.6 Å². The average Bonchev–Trinajstić information content (AvgIpc) is 2.15. The Balaban J connectivity index is 2.91. The third kappa shape index (κ3) is 4.17. The number of hydrogen-bond acceptors (Lipinski definition) is 3. The van der Waals surface area contributed by atoms with Gasteiger partial charge in [0.1, 0.15) is 0 Å². The van der Waals surface area contributed by atoms with E-state index in [1.165, 1.54) is 5.06 Å². The molecule has 1 aromatic rings. The Morgan fingerprint density at radius 3 is 2.24 bits per heavy atom. The van der Waals surface area contributed by atoms with Gasteiger partial charge in [-0.15, -0.1) is 0 Å². The maximum absolute atomic E-state index is 11.3. The van der Waals surface area contributed by atoms with Gasteiger partial charge < -0.3 is 5.11 Å². The Morgan fingerprint density at radius 2 is 1.82 bits per heavy atom. The number of benzene rings is 1. The quantitative estimate of drug-likeness (QED) is 0.817. The van der Waals surface area contributed by atoms with Gasteiger partial charge in [0.25, 0.3) is 0 Å². The average molecular weight is 237 g/mol. The van der Waals surface area contributed by atoms with E-state index >= 15 is 0 Å². The molecule has 94 valence electrons. The third-order valence-corrected chi connectivity index (χ3v) is 2.13. The molecule has 0 fully saturated rings. The second-order valence-corrected chi connectivity index (χ2v) is 4.90. The molecule has 0 saturated heterocycles. The topological polar surface area (TPSA) is 49.8 Å². The van der Waals surface area contributed by atoms with Crippen molar-refractivity contribution in [1.29, 1.82) is 0 Å². The van der Waals surface area contributed by atoms with Gasteiger partial charge in [-0.2, -0.15) is 5.06 Å². The Labute approximate surface area is 102 Å². The highest BCUT2D eigenvalue weighted by Crippen LogP contribution is 2.22. The summed E-state index contributed by atoms with van der Waals surface area (Å²) >= 11 is 0. The highest BCUT2D eigenvalue weighted by Gasteiger charge is 2.28. The van der Waals surface area contributed by atoms with Crippen LogP contribution in [0.4, 0.5) is 0 Å². The van der Waals surface area contributed by atoms with Crippen LogP contribution in [0.3, 0.4) is 0 Å². The fourth-order valence-electron chi connectivity index (χ4n) is 1.63. The maximum atomic E-state index is 11.3. The highest BCUT2D eigenvalue weighted by atomic mass is 16.7. The lowest BCUT2D eigenvalue weighted by Crippen LogP contribution is -2.37. The zero-order chi connectivity index (χ0) is 13.1. The molecule has 0 unspecified atom stereocenters. The lowest BCUT2D eigenvalue weighted by molar-refractivity contribution is -0.238. The predicted molar refractivity (Wildman–Crippen MR) is 65.4 cm³/mol. The molecule has 0 amide bonds. The van der Waals surface area contributed by atoms with Gasteiger partial charge in [-0.1, -0.05) is 30.3 Å². The van der Waals surface area contributed by atoms with E-state index in [9.17, 15) is 9.90 Å². The van der Waals surface area contributed by atoms with Gasteiger partial charge in [-0.3, -0.25) is 9.63 Å². The molecule has 0 aromatic heterocycles. The molecule has 1 N–H and O–H groups in total. The summed E-state index contributed by atoms with van der Waals surface area (Å²) in [5, 5.41) is 10.7. The first-order valence-electron chi connectivity index (χ1n) is 5.51. The van der Waals surface area contributed by atoms with Crippen LogP contribution in [-0.2, 0) is 9.63 Å². The Bertz CT molecular complexity index is 370. The number of hydroxylamine groups is 2. The molecule has 0 aliphatic heterocycles. The number of hydrogen-bond donors (Lipinski definition) is 1. The van der Waals surface area contributed by atoms with Crippen molar-refractivity contribution in [3.8, 4) is 0 Å². The van der Waals surface area contributed by atoms with E-state index in [0.29, 0.717) is 5.56 Å². The molecule has 1 aromatic carbocycles. The Hall–Kier alpha value is -1.39. The largest absolute Gasteiger partial charge is 0.480 e. The molecule has 0 aliphatic carbocycles. The maximum Gasteiger partial charge on any atom is 0.327 e. The number of carboxylic acid groups (broad SMARTS) is 1. The van der Waals surface area contributed by atoms with Gasteiger partial charge in [-0.25, -0.2) is 0 Å². The van der Waals surface area contributed by atoms with Gasteiger partial charge in [0.15, 0.2) is 6.04 Å². The number of rotatable bonds is 4. The summed E-state index contributed by atoms with van der Waals surface area (Å²) in [6, 6.07) is 8.25. The molecule has 17 heavy (non-hydrogen) atoms. The minimum Gasteiger partial charge on any atom is -0.480 e. The summed E-state index contributed by atoms with van der Waals surface area (Å²) in [7, 11) is 1.64. The number of nitrogens with zero attached hydrogens (tertiary/aromatic N) is 1. The summed E-state index contributed by atoms with van der Waals surface area (Å²) in [4.78, 5) is 16.9. The van der Waals surface area contributed by atoms with Crippen molar-refractivity contribution >= 4 is 5.97 Å². The number of aliphatic carboxylic acids is 1. The molecule has 1 atom stereocenters. The van der Waals surface area contributed by atoms with Crippen molar-refractivity contribution in [2.45, 2.75) is 32.4 Å². The standard InChI is InChI=1S/C13H19NO3/c1-13(2,3)17-14(4)11(12(15)16)10-8-6-5-7-9-10/h5-9,11H,1-4H3,(H,15,16)/t11-/m0/s1. The van der Waals surface area contributed by atoms with E-state index in [1.807, 2.05) is 39.0 Å². The van der Waals surface area contributed by atoms with Crippen molar-refractivity contribution in [3.05, 3.63) is 35.9 Å². The van der Waals surface area contributed by atoms with Crippen LogP contribution in [-0.4, -0.2) is 28.8 Å². The third-order valence-electron chi connectivity index (χ3n) is 2.13. The Morgan fingerprint density at radius 1 is 1.29 bits per heavy atom. The zero-order valence-electron chi connectivity index (χ0n) is 10.7. The normalized spacial score (nSPS) is 13.7. The molecule has 0 heterocycles. The van der Waals surface area contributed by atoms with Crippen LogP contribution in [0, 0.1) is 0 Å². The van der Waals surface area contributed by atoms with Gasteiger partial charge in [0.05, 0.1) is 5.60 Å². The predicted octanol–water partition coefficient (Wildman–Crippen LogP) is 2.47. The first kappa shape index (κ1) is 13.7. The first-order chi connectivity index (χ1) is 7.81. The van der Waals surface area contributed by atoms with Crippen molar-refractivity contribution in [2.75, 3.05) is 7.05 Å². The van der Waals surface area contributed by atoms with Gasteiger partial charge >= 0.3 is 5.97 Å². The van der Waals surface area contributed by atoms with Gasteiger partial charge in [0.2, 0.25) is 0 Å². The molecule has 4 nitrogen and oxygen atoms in total. The summed E-state index contributed by atoms with van der Waals surface area (Å²) in [6.07, 6.45) is 0. The van der Waals surface area contributed by atoms with Crippen LogP contribution in [0.15, 0.2) is 30.3 Å². The van der Waals surface area contributed by atoms with Crippen LogP contribution in [0.1, 0.15) is 32.4 Å². The second-order valence-electron chi connectivity index (χ2n) is 4.90. The van der Waals surface area contributed by atoms with E-state index in [2.05, 4.69) is 0 Å². The van der Waals surface area contributed by atoms with Crippen LogP contribution in [0.5, 0.6) is 0 Å². The molecule has 0 aliphatic rings. The van der Waals surface area contributed by atoms with Crippen LogP contribution in [0.25, 0.3) is 0 Å². The smallest absolute Gasteiger partial charge is 0.327 e. The number of carboxylic acids is 1. The SMILES string of the molecule is CN(OC(C)(C)C)[C@H](C(=O)O)c1ccccc1. The van der Waals surface area contributed by atoms with Gasteiger partial charge in [0, 0.05) is 7.05 Å². The lowest BCUT2D eigenvalue weighted by atomic mass is 10.1. The molecular formula is C13H19NO3. The molecule has 0 saturated carbocycles. The molecule has 0 bridgehead atoms. The van der Waals surface area contributed by atoms with Crippen molar-refractivity contribution < 1.29 is 14.7 Å².